The van der Waals surface area contributed by atoms with Crippen LogP contribution in [0, 0.1) is 0 Å². The van der Waals surface area contributed by atoms with Gasteiger partial charge in [0.25, 0.3) is 0 Å². The van der Waals surface area contributed by atoms with Crippen LogP contribution in [-0.2, 0) is 14.8 Å². The molecule has 0 fully saturated rings. The van der Waals surface area contributed by atoms with Crippen LogP contribution in [0.3, 0.4) is 0 Å². The molecule has 1 N–H and O–H groups in total. The van der Waals surface area contributed by atoms with E-state index < -0.39 is 15.9 Å². The number of carbonyl (C=O) groups excluding carboxylic acids is 1. The van der Waals surface area contributed by atoms with Crippen LogP contribution in [0.15, 0.2) is 48.5 Å². The summed E-state index contributed by atoms with van der Waals surface area (Å²) in [5.74, 6) is 0.856. The minimum absolute atomic E-state index is 0.283. The van der Waals surface area contributed by atoms with E-state index in [9.17, 15) is 13.2 Å². The molecule has 0 bridgehead atoms. The van der Waals surface area contributed by atoms with Crippen molar-refractivity contribution in [1.29, 1.82) is 0 Å². The zero-order chi connectivity index (χ0) is 20.7. The summed E-state index contributed by atoms with van der Waals surface area (Å²) >= 11 is 0. The minimum atomic E-state index is -3.65. The number of ether oxygens (including phenoxy) is 2. The average Bonchev–Trinajstić information content (AvgIpc) is 2.66. The molecule has 0 spiro atoms. The van der Waals surface area contributed by atoms with Gasteiger partial charge in [-0.2, -0.15) is 0 Å². The number of nitrogens with one attached hydrogen (secondary N) is 1. The summed E-state index contributed by atoms with van der Waals surface area (Å²) in [4.78, 5) is 12.5. The van der Waals surface area contributed by atoms with Crippen molar-refractivity contribution >= 4 is 21.6 Å². The first kappa shape index (κ1) is 21.6. The van der Waals surface area contributed by atoms with Gasteiger partial charge in [0, 0.05) is 6.07 Å². The molecule has 0 aliphatic rings. The normalized spacial score (nSPS) is 12.1. The largest absolute Gasteiger partial charge is 0.497 e. The third kappa shape index (κ3) is 5.88. The second kappa shape index (κ2) is 9.45. The van der Waals surface area contributed by atoms with Gasteiger partial charge in [0.2, 0.25) is 15.9 Å². The molecule has 2 aromatic carbocycles. The van der Waals surface area contributed by atoms with Crippen LogP contribution in [0.4, 0.5) is 5.69 Å². The summed E-state index contributed by atoms with van der Waals surface area (Å²) < 4.78 is 36.0. The molecular weight excluding hydrogens is 380 g/mol. The van der Waals surface area contributed by atoms with Crippen LogP contribution >= 0.6 is 0 Å². The first-order valence-corrected chi connectivity index (χ1v) is 10.7. The highest BCUT2D eigenvalue weighted by atomic mass is 32.2. The van der Waals surface area contributed by atoms with Gasteiger partial charge in [-0.25, -0.2) is 8.42 Å². The molecule has 2 rings (SSSR count). The van der Waals surface area contributed by atoms with Crippen molar-refractivity contribution in [3.8, 4) is 11.5 Å². The Bertz CT molecular complexity index is 897. The Morgan fingerprint density at radius 1 is 1.14 bits per heavy atom. The molecule has 2 aromatic rings. The lowest BCUT2D eigenvalue weighted by Crippen LogP contribution is -2.41. The first-order valence-electron chi connectivity index (χ1n) is 8.88. The lowest BCUT2D eigenvalue weighted by molar-refractivity contribution is -0.120. The van der Waals surface area contributed by atoms with Crippen molar-refractivity contribution in [2.24, 2.45) is 0 Å². The highest BCUT2D eigenvalue weighted by Gasteiger charge is 2.22. The highest BCUT2D eigenvalue weighted by Crippen LogP contribution is 2.23. The van der Waals surface area contributed by atoms with Crippen LogP contribution in [0.2, 0.25) is 0 Å². The van der Waals surface area contributed by atoms with Gasteiger partial charge < -0.3 is 14.8 Å². The zero-order valence-electron chi connectivity index (χ0n) is 16.5. The molecule has 0 aromatic heterocycles. The highest BCUT2D eigenvalue weighted by molar-refractivity contribution is 7.92. The number of hydrogen-bond acceptors (Lipinski definition) is 5. The van der Waals surface area contributed by atoms with Crippen LogP contribution in [0.25, 0.3) is 0 Å². The van der Waals surface area contributed by atoms with Crippen molar-refractivity contribution in [2.75, 3.05) is 30.8 Å². The topological polar surface area (TPSA) is 84.9 Å². The number of amides is 1. The molecule has 0 saturated heterocycles. The van der Waals surface area contributed by atoms with Gasteiger partial charge in [-0.1, -0.05) is 18.2 Å². The Kier molecular flexibility index (Phi) is 7.28. The quantitative estimate of drug-likeness (QED) is 0.692. The molecule has 0 heterocycles. The standard InChI is InChI=1S/C20H26N2O5S/c1-5-27-18-11-9-16(10-12-18)15(2)21-20(23)14-22(28(4,24)25)17-7-6-8-19(13-17)26-3/h6-13,15H,5,14H2,1-4H3,(H,21,23). The SMILES string of the molecule is CCOc1ccc(C(C)NC(=O)CN(c2cccc(OC)c2)S(C)(=O)=O)cc1. The van der Waals surface area contributed by atoms with Crippen LogP contribution < -0.4 is 19.1 Å². The number of rotatable bonds is 9. The van der Waals surface area contributed by atoms with Crippen molar-refractivity contribution in [1.82, 2.24) is 5.32 Å². The van der Waals surface area contributed by atoms with E-state index in [1.54, 1.807) is 24.3 Å². The lowest BCUT2D eigenvalue weighted by Gasteiger charge is -2.23. The average molecular weight is 407 g/mol. The Hall–Kier alpha value is -2.74. The Morgan fingerprint density at radius 3 is 2.39 bits per heavy atom. The second-order valence-corrected chi connectivity index (χ2v) is 8.17. The summed E-state index contributed by atoms with van der Waals surface area (Å²) in [6.45, 7) is 4.00. The van der Waals surface area contributed by atoms with Gasteiger partial charge in [0.15, 0.2) is 0 Å². The van der Waals surface area contributed by atoms with E-state index in [-0.39, 0.29) is 12.6 Å². The second-order valence-electron chi connectivity index (χ2n) is 6.26. The fourth-order valence-corrected chi connectivity index (χ4v) is 3.53. The number of hydrogen-bond donors (Lipinski definition) is 1. The van der Waals surface area contributed by atoms with E-state index >= 15 is 0 Å². The third-order valence-electron chi connectivity index (χ3n) is 4.10. The molecule has 1 amide bonds. The molecule has 0 aliphatic carbocycles. The Balaban J connectivity index is 2.10. The number of nitrogens with zero attached hydrogens (tertiary/aromatic N) is 1. The van der Waals surface area contributed by atoms with Gasteiger partial charge >= 0.3 is 0 Å². The van der Waals surface area contributed by atoms with Gasteiger partial charge in [-0.15, -0.1) is 0 Å². The van der Waals surface area contributed by atoms with E-state index in [2.05, 4.69) is 5.32 Å². The van der Waals surface area contributed by atoms with Crippen molar-refractivity contribution in [3.05, 3.63) is 54.1 Å². The molecule has 1 unspecified atom stereocenters. The van der Waals surface area contributed by atoms with E-state index in [0.29, 0.717) is 18.0 Å². The number of sulfonamides is 1. The van der Waals surface area contributed by atoms with Gasteiger partial charge in [0.1, 0.15) is 18.0 Å². The van der Waals surface area contributed by atoms with E-state index in [0.717, 1.165) is 21.9 Å². The van der Waals surface area contributed by atoms with Gasteiger partial charge in [0.05, 0.1) is 31.7 Å². The monoisotopic (exact) mass is 406 g/mol. The predicted molar refractivity (Wildman–Crippen MR) is 109 cm³/mol. The molecule has 0 saturated carbocycles. The van der Waals surface area contributed by atoms with Crippen LogP contribution in [0.5, 0.6) is 11.5 Å². The third-order valence-corrected chi connectivity index (χ3v) is 5.24. The van der Waals surface area contributed by atoms with E-state index in [1.165, 1.54) is 7.11 Å². The fraction of sp³-hybridized carbons (Fsp3) is 0.350. The maximum Gasteiger partial charge on any atom is 0.241 e. The summed E-state index contributed by atoms with van der Waals surface area (Å²) in [5, 5.41) is 2.83. The minimum Gasteiger partial charge on any atom is -0.497 e. The van der Waals surface area contributed by atoms with Crippen LogP contribution in [0.1, 0.15) is 25.5 Å². The molecule has 8 heteroatoms. The van der Waals surface area contributed by atoms with Crippen LogP contribution in [-0.4, -0.2) is 40.8 Å². The zero-order valence-corrected chi connectivity index (χ0v) is 17.3. The number of methoxy groups -OCH3 is 1. The molecule has 0 radical (unpaired) electrons. The number of anilines is 1. The van der Waals surface area contributed by atoms with Crippen molar-refractivity contribution in [2.45, 2.75) is 19.9 Å². The maximum absolute atomic E-state index is 12.5. The summed E-state index contributed by atoms with van der Waals surface area (Å²) in [7, 11) is -2.15. The Morgan fingerprint density at radius 2 is 1.82 bits per heavy atom. The molecule has 152 valence electrons. The van der Waals surface area contributed by atoms with E-state index in [4.69, 9.17) is 9.47 Å². The smallest absolute Gasteiger partial charge is 0.241 e. The fourth-order valence-electron chi connectivity index (χ4n) is 2.69. The lowest BCUT2D eigenvalue weighted by atomic mass is 10.1. The first-order chi connectivity index (χ1) is 13.2. The van der Waals surface area contributed by atoms with Gasteiger partial charge in [-0.05, 0) is 43.7 Å². The molecule has 7 nitrogen and oxygen atoms in total. The molecule has 1 atom stereocenters. The number of benzene rings is 2. The summed E-state index contributed by atoms with van der Waals surface area (Å²) in [5.41, 5.74) is 1.26. The molecular formula is C20H26N2O5S. The van der Waals surface area contributed by atoms with Crippen molar-refractivity contribution in [3.63, 3.8) is 0 Å². The van der Waals surface area contributed by atoms with Gasteiger partial charge in [-0.3, -0.25) is 9.10 Å². The summed E-state index contributed by atoms with van der Waals surface area (Å²) in [6, 6.07) is 13.7. The maximum atomic E-state index is 12.5. The molecule has 0 aliphatic heterocycles. The van der Waals surface area contributed by atoms with Crippen molar-refractivity contribution < 1.29 is 22.7 Å². The summed E-state index contributed by atoms with van der Waals surface area (Å²) in [6.07, 6.45) is 1.07. The number of carbonyl (C=O) groups is 1. The molecule has 28 heavy (non-hydrogen) atoms. The predicted octanol–water partition coefficient (Wildman–Crippen LogP) is 2.74. The Labute approximate surface area is 166 Å². The van der Waals surface area contributed by atoms with E-state index in [1.807, 2.05) is 38.1 Å².